The molecule has 2 fully saturated rings. The molecule has 144 valence electrons. The maximum atomic E-state index is 12.4. The van der Waals surface area contributed by atoms with Crippen LogP contribution in [0.2, 0.25) is 0 Å². The average molecular weight is 360 g/mol. The van der Waals surface area contributed by atoms with Gasteiger partial charge in [0.15, 0.2) is 0 Å². The molecule has 0 atom stereocenters. The summed E-state index contributed by atoms with van der Waals surface area (Å²) in [6, 6.07) is 8.87. The van der Waals surface area contributed by atoms with E-state index in [1.165, 1.54) is 24.8 Å². The Morgan fingerprint density at radius 1 is 1.15 bits per heavy atom. The van der Waals surface area contributed by atoms with Gasteiger partial charge in [-0.1, -0.05) is 31.4 Å². The minimum atomic E-state index is 0.146. The number of hydrogen-bond acceptors (Lipinski definition) is 3. The summed E-state index contributed by atoms with van der Waals surface area (Å²) in [5.41, 5.74) is 1.33. The molecule has 1 N–H and O–H groups in total. The van der Waals surface area contributed by atoms with Gasteiger partial charge in [0, 0.05) is 32.2 Å². The van der Waals surface area contributed by atoms with E-state index >= 15 is 0 Å². The van der Waals surface area contributed by atoms with Crippen molar-refractivity contribution in [1.29, 1.82) is 0 Å². The molecule has 5 nitrogen and oxygen atoms in total. The van der Waals surface area contributed by atoms with E-state index in [1.807, 2.05) is 11.0 Å². The van der Waals surface area contributed by atoms with Crippen LogP contribution in [0.4, 0.5) is 4.79 Å². The lowest BCUT2D eigenvalue weighted by Gasteiger charge is -2.36. The van der Waals surface area contributed by atoms with Crippen molar-refractivity contribution >= 4 is 6.03 Å². The molecule has 1 saturated heterocycles. The largest absolute Gasteiger partial charge is 0.497 e. The van der Waals surface area contributed by atoms with Crippen molar-refractivity contribution in [2.24, 2.45) is 0 Å². The first-order valence-corrected chi connectivity index (χ1v) is 10.2. The molecule has 0 spiro atoms. The summed E-state index contributed by atoms with van der Waals surface area (Å²) in [4.78, 5) is 16.9. The molecule has 1 heterocycles. The summed E-state index contributed by atoms with van der Waals surface area (Å²) in [6.45, 7) is 4.75. The third-order valence-electron chi connectivity index (χ3n) is 5.67. The van der Waals surface area contributed by atoms with E-state index in [0.717, 1.165) is 64.2 Å². The van der Waals surface area contributed by atoms with Gasteiger partial charge in [0.25, 0.3) is 0 Å². The van der Waals surface area contributed by atoms with Crippen LogP contribution >= 0.6 is 0 Å². The zero-order chi connectivity index (χ0) is 18.2. The number of amides is 2. The summed E-state index contributed by atoms with van der Waals surface area (Å²) in [5.74, 6) is 0.931. The van der Waals surface area contributed by atoms with Gasteiger partial charge in [-0.15, -0.1) is 0 Å². The molecule has 0 radical (unpaired) electrons. The number of urea groups is 1. The topological polar surface area (TPSA) is 44.8 Å². The highest BCUT2D eigenvalue weighted by atomic mass is 16.5. The molecule has 5 heteroatoms. The molecule has 1 aromatic rings. The van der Waals surface area contributed by atoms with E-state index in [1.54, 1.807) is 7.11 Å². The molecule has 2 aliphatic rings. The summed E-state index contributed by atoms with van der Waals surface area (Å²) in [6.07, 6.45) is 8.34. The first-order valence-electron chi connectivity index (χ1n) is 10.2. The molecular weight excluding hydrogens is 326 g/mol. The Labute approximate surface area is 157 Å². The Bertz CT molecular complexity index is 564. The van der Waals surface area contributed by atoms with Crippen LogP contribution in [0.1, 0.15) is 44.1 Å². The van der Waals surface area contributed by atoms with Crippen molar-refractivity contribution in [3.63, 3.8) is 0 Å². The number of carbonyl (C=O) groups is 1. The van der Waals surface area contributed by atoms with Gasteiger partial charge in [0.1, 0.15) is 5.75 Å². The third-order valence-corrected chi connectivity index (χ3v) is 5.67. The fourth-order valence-corrected chi connectivity index (χ4v) is 4.02. The molecule has 26 heavy (non-hydrogen) atoms. The molecule has 2 amide bonds. The van der Waals surface area contributed by atoms with Crippen molar-refractivity contribution in [3.05, 3.63) is 29.8 Å². The average Bonchev–Trinajstić information content (AvgIpc) is 2.69. The van der Waals surface area contributed by atoms with Crippen molar-refractivity contribution in [3.8, 4) is 5.75 Å². The summed E-state index contributed by atoms with van der Waals surface area (Å²) in [7, 11) is 1.71. The van der Waals surface area contributed by atoms with Crippen molar-refractivity contribution in [2.75, 3.05) is 39.8 Å². The standard InChI is InChI=1S/C21H33N3O2/c1-26-20-11-5-7-18(17-20)8-6-12-23-13-15-24(16-14-23)21(25)22-19-9-3-2-4-10-19/h5,7,11,17,19H,2-4,6,8-10,12-16H2,1H3,(H,22,25). The normalized spacial score (nSPS) is 19.3. The van der Waals surface area contributed by atoms with Crippen molar-refractivity contribution in [1.82, 2.24) is 15.1 Å². The van der Waals surface area contributed by atoms with E-state index < -0.39 is 0 Å². The fraction of sp³-hybridized carbons (Fsp3) is 0.667. The number of methoxy groups -OCH3 is 1. The van der Waals surface area contributed by atoms with Crippen molar-refractivity contribution in [2.45, 2.75) is 51.0 Å². The second-order valence-electron chi connectivity index (χ2n) is 7.57. The lowest BCUT2D eigenvalue weighted by molar-refractivity contribution is 0.135. The van der Waals surface area contributed by atoms with Crippen molar-refractivity contribution < 1.29 is 9.53 Å². The Kier molecular flexibility index (Phi) is 7.18. The maximum Gasteiger partial charge on any atom is 0.317 e. The Morgan fingerprint density at radius 3 is 2.65 bits per heavy atom. The maximum absolute atomic E-state index is 12.4. The van der Waals surface area contributed by atoms with Gasteiger partial charge in [0.2, 0.25) is 0 Å². The van der Waals surface area contributed by atoms with Crippen LogP contribution < -0.4 is 10.1 Å². The molecular formula is C21H33N3O2. The van der Waals surface area contributed by atoms with Crippen LogP contribution in [0.3, 0.4) is 0 Å². The zero-order valence-corrected chi connectivity index (χ0v) is 16.1. The molecule has 3 rings (SSSR count). The number of ether oxygens (including phenoxy) is 1. The summed E-state index contributed by atoms with van der Waals surface area (Å²) < 4.78 is 5.29. The number of aryl methyl sites for hydroxylation is 1. The molecule has 1 aliphatic heterocycles. The van der Waals surface area contributed by atoms with Crippen LogP contribution in [-0.2, 0) is 6.42 Å². The highest BCUT2D eigenvalue weighted by molar-refractivity contribution is 5.74. The predicted molar refractivity (Wildman–Crippen MR) is 105 cm³/mol. The minimum absolute atomic E-state index is 0.146. The quantitative estimate of drug-likeness (QED) is 0.848. The van der Waals surface area contributed by atoms with Gasteiger partial charge >= 0.3 is 6.03 Å². The number of carbonyl (C=O) groups excluding carboxylic acids is 1. The number of rotatable bonds is 6. The molecule has 1 aromatic carbocycles. The zero-order valence-electron chi connectivity index (χ0n) is 16.1. The lowest BCUT2D eigenvalue weighted by Crippen LogP contribution is -2.53. The second kappa shape index (κ2) is 9.81. The van der Waals surface area contributed by atoms with Crippen LogP contribution in [-0.4, -0.2) is 61.7 Å². The Hall–Kier alpha value is -1.75. The van der Waals surface area contributed by atoms with Crippen LogP contribution in [0, 0.1) is 0 Å². The number of piperazine rings is 1. The van der Waals surface area contributed by atoms with E-state index in [-0.39, 0.29) is 6.03 Å². The number of hydrogen-bond donors (Lipinski definition) is 1. The van der Waals surface area contributed by atoms with E-state index in [9.17, 15) is 4.79 Å². The van der Waals surface area contributed by atoms with Gasteiger partial charge in [-0.25, -0.2) is 4.79 Å². The lowest BCUT2D eigenvalue weighted by atomic mass is 9.96. The molecule has 0 aromatic heterocycles. The fourth-order valence-electron chi connectivity index (χ4n) is 4.02. The SMILES string of the molecule is COc1cccc(CCCN2CCN(C(=O)NC3CCCCC3)CC2)c1. The molecule has 1 aliphatic carbocycles. The van der Waals surface area contributed by atoms with Crippen LogP contribution in [0.5, 0.6) is 5.75 Å². The highest BCUT2D eigenvalue weighted by Gasteiger charge is 2.23. The van der Waals surface area contributed by atoms with E-state index in [0.29, 0.717) is 6.04 Å². The van der Waals surface area contributed by atoms with Gasteiger partial charge in [-0.05, 0) is 49.9 Å². The van der Waals surface area contributed by atoms with Gasteiger partial charge in [-0.2, -0.15) is 0 Å². The molecule has 1 saturated carbocycles. The van der Waals surface area contributed by atoms with E-state index in [4.69, 9.17) is 4.74 Å². The Balaban J connectivity index is 1.33. The highest BCUT2D eigenvalue weighted by Crippen LogP contribution is 2.18. The number of nitrogens with zero attached hydrogens (tertiary/aromatic N) is 2. The predicted octanol–water partition coefficient (Wildman–Crippen LogP) is 3.29. The summed E-state index contributed by atoms with van der Waals surface area (Å²) in [5, 5.41) is 3.24. The summed E-state index contributed by atoms with van der Waals surface area (Å²) >= 11 is 0. The number of nitrogens with one attached hydrogen (secondary N) is 1. The first kappa shape index (κ1) is 19.0. The number of benzene rings is 1. The van der Waals surface area contributed by atoms with Crippen LogP contribution in [0.25, 0.3) is 0 Å². The third kappa shape index (κ3) is 5.63. The van der Waals surface area contributed by atoms with E-state index in [2.05, 4.69) is 28.4 Å². The molecule has 0 unspecified atom stereocenters. The monoisotopic (exact) mass is 359 g/mol. The van der Waals surface area contributed by atoms with Crippen LogP contribution in [0.15, 0.2) is 24.3 Å². The van der Waals surface area contributed by atoms with Gasteiger partial charge in [-0.3, -0.25) is 4.90 Å². The van der Waals surface area contributed by atoms with Gasteiger partial charge < -0.3 is 15.0 Å². The first-order chi connectivity index (χ1) is 12.7. The minimum Gasteiger partial charge on any atom is -0.497 e. The second-order valence-corrected chi connectivity index (χ2v) is 7.57. The smallest absolute Gasteiger partial charge is 0.317 e. The van der Waals surface area contributed by atoms with Gasteiger partial charge in [0.05, 0.1) is 7.11 Å². The Morgan fingerprint density at radius 2 is 1.92 bits per heavy atom. The molecule has 0 bridgehead atoms.